The Kier molecular flexibility index (Phi) is 5.01. The van der Waals surface area contributed by atoms with Gasteiger partial charge in [-0.25, -0.2) is 0 Å². The Morgan fingerprint density at radius 3 is 2.68 bits per heavy atom. The minimum absolute atomic E-state index is 0.705. The first-order chi connectivity index (χ1) is 10.8. The third-order valence-corrected chi connectivity index (χ3v) is 4.26. The first-order valence-corrected chi connectivity index (χ1v) is 8.09. The van der Waals surface area contributed by atoms with Crippen LogP contribution < -0.4 is 10.2 Å². The summed E-state index contributed by atoms with van der Waals surface area (Å²) in [6.07, 6.45) is 3.60. The number of aromatic nitrogens is 2. The van der Waals surface area contributed by atoms with E-state index in [1.165, 1.54) is 18.4 Å². The van der Waals surface area contributed by atoms with Gasteiger partial charge in [-0.2, -0.15) is 5.10 Å². The molecule has 3 rings (SSSR count). The standard InChI is InChI=1S/C18H24N4/c1-22(14-15-6-3-2-4-7-15)18-10-9-17(20-21-18)12-16-8-5-11-19-13-16/h2-4,6-7,9-10,16,19H,5,8,11-14H2,1H3/t16-/m1/s1. The molecule has 2 aromatic rings. The zero-order chi connectivity index (χ0) is 15.2. The molecule has 2 heterocycles. The van der Waals surface area contributed by atoms with Gasteiger partial charge in [-0.3, -0.25) is 0 Å². The molecular formula is C18H24N4. The van der Waals surface area contributed by atoms with Crippen LogP contribution in [0.3, 0.4) is 0 Å². The van der Waals surface area contributed by atoms with Crippen LogP contribution in [-0.4, -0.2) is 30.3 Å². The zero-order valence-electron chi connectivity index (χ0n) is 13.2. The van der Waals surface area contributed by atoms with Gasteiger partial charge in [0.15, 0.2) is 5.82 Å². The summed E-state index contributed by atoms with van der Waals surface area (Å²) in [4.78, 5) is 2.13. The van der Waals surface area contributed by atoms with Crippen molar-refractivity contribution in [1.82, 2.24) is 15.5 Å². The Labute approximate surface area is 132 Å². The van der Waals surface area contributed by atoms with Crippen LogP contribution in [0.4, 0.5) is 5.82 Å². The minimum Gasteiger partial charge on any atom is -0.354 e. The van der Waals surface area contributed by atoms with Crippen LogP contribution in [-0.2, 0) is 13.0 Å². The summed E-state index contributed by atoms with van der Waals surface area (Å²) in [5.41, 5.74) is 2.38. The van der Waals surface area contributed by atoms with Crippen LogP contribution in [0.1, 0.15) is 24.1 Å². The van der Waals surface area contributed by atoms with Gasteiger partial charge in [0.05, 0.1) is 5.69 Å². The first-order valence-electron chi connectivity index (χ1n) is 8.09. The molecule has 116 valence electrons. The Bertz CT molecular complexity index is 561. The molecule has 4 nitrogen and oxygen atoms in total. The molecular weight excluding hydrogens is 272 g/mol. The predicted molar refractivity (Wildman–Crippen MR) is 89.9 cm³/mol. The van der Waals surface area contributed by atoms with Crippen molar-refractivity contribution in [3.05, 3.63) is 53.7 Å². The van der Waals surface area contributed by atoms with E-state index in [9.17, 15) is 0 Å². The highest BCUT2D eigenvalue weighted by Crippen LogP contribution is 2.17. The highest BCUT2D eigenvalue weighted by molar-refractivity contribution is 5.37. The molecule has 0 bridgehead atoms. The van der Waals surface area contributed by atoms with Gasteiger partial charge in [0.1, 0.15) is 0 Å². The minimum atomic E-state index is 0.705. The van der Waals surface area contributed by atoms with Crippen molar-refractivity contribution in [1.29, 1.82) is 0 Å². The van der Waals surface area contributed by atoms with Gasteiger partial charge < -0.3 is 10.2 Å². The van der Waals surface area contributed by atoms with Crippen LogP contribution >= 0.6 is 0 Å². The number of hydrogen-bond acceptors (Lipinski definition) is 4. The normalized spacial score (nSPS) is 18.1. The van der Waals surface area contributed by atoms with Gasteiger partial charge in [-0.15, -0.1) is 5.10 Å². The largest absolute Gasteiger partial charge is 0.354 e. The topological polar surface area (TPSA) is 41.0 Å². The van der Waals surface area contributed by atoms with Gasteiger partial charge in [0.25, 0.3) is 0 Å². The smallest absolute Gasteiger partial charge is 0.151 e. The van der Waals surface area contributed by atoms with E-state index in [2.05, 4.69) is 63.9 Å². The maximum atomic E-state index is 4.42. The van der Waals surface area contributed by atoms with E-state index >= 15 is 0 Å². The average molecular weight is 296 g/mol. The van der Waals surface area contributed by atoms with Gasteiger partial charge in [-0.1, -0.05) is 30.3 Å². The molecule has 1 saturated heterocycles. The summed E-state index contributed by atoms with van der Waals surface area (Å²) in [5.74, 6) is 1.63. The van der Waals surface area contributed by atoms with Crippen molar-refractivity contribution >= 4 is 5.82 Å². The molecule has 1 aliphatic heterocycles. The molecule has 0 saturated carbocycles. The summed E-state index contributed by atoms with van der Waals surface area (Å²) in [6, 6.07) is 14.6. The third kappa shape index (κ3) is 4.04. The van der Waals surface area contributed by atoms with E-state index < -0.39 is 0 Å². The quantitative estimate of drug-likeness (QED) is 0.921. The molecule has 4 heteroatoms. The van der Waals surface area contributed by atoms with E-state index in [0.29, 0.717) is 5.92 Å². The van der Waals surface area contributed by atoms with Gasteiger partial charge >= 0.3 is 0 Å². The van der Waals surface area contributed by atoms with Crippen molar-refractivity contribution in [3.8, 4) is 0 Å². The lowest BCUT2D eigenvalue weighted by Crippen LogP contribution is -2.31. The molecule has 0 radical (unpaired) electrons. The van der Waals surface area contributed by atoms with Gasteiger partial charge in [0.2, 0.25) is 0 Å². The number of benzene rings is 1. The monoisotopic (exact) mass is 296 g/mol. The Morgan fingerprint density at radius 1 is 1.14 bits per heavy atom. The van der Waals surface area contributed by atoms with Crippen molar-refractivity contribution in [2.45, 2.75) is 25.8 Å². The second-order valence-corrected chi connectivity index (χ2v) is 6.14. The number of rotatable bonds is 5. The fourth-order valence-electron chi connectivity index (χ4n) is 3.00. The molecule has 1 aromatic heterocycles. The Balaban J connectivity index is 1.58. The Hall–Kier alpha value is -1.94. The number of piperidine rings is 1. The van der Waals surface area contributed by atoms with Crippen molar-refractivity contribution < 1.29 is 0 Å². The SMILES string of the molecule is CN(Cc1ccccc1)c1ccc(C[C@H]2CCCNC2)nn1. The molecule has 0 spiro atoms. The lowest BCUT2D eigenvalue weighted by atomic mass is 9.95. The fourth-order valence-corrected chi connectivity index (χ4v) is 3.00. The predicted octanol–water partition coefficient (Wildman–Crippen LogP) is 2.66. The summed E-state index contributed by atoms with van der Waals surface area (Å²) in [5, 5.41) is 12.3. The van der Waals surface area contributed by atoms with Crippen molar-refractivity contribution in [2.75, 3.05) is 25.0 Å². The van der Waals surface area contributed by atoms with Crippen LogP contribution in [0, 0.1) is 5.92 Å². The number of nitrogens with zero attached hydrogens (tertiary/aromatic N) is 3. The lowest BCUT2D eigenvalue weighted by molar-refractivity contribution is 0.372. The molecule has 0 amide bonds. The maximum Gasteiger partial charge on any atom is 0.151 e. The number of nitrogens with one attached hydrogen (secondary N) is 1. The molecule has 1 fully saturated rings. The summed E-state index contributed by atoms with van der Waals surface area (Å²) in [6.45, 7) is 3.12. The van der Waals surface area contributed by atoms with E-state index in [1.807, 2.05) is 6.07 Å². The fraction of sp³-hybridized carbons (Fsp3) is 0.444. The second kappa shape index (κ2) is 7.36. The maximum absolute atomic E-state index is 4.42. The van der Waals surface area contributed by atoms with E-state index in [-0.39, 0.29) is 0 Å². The molecule has 22 heavy (non-hydrogen) atoms. The molecule has 1 N–H and O–H groups in total. The van der Waals surface area contributed by atoms with Crippen LogP contribution in [0.2, 0.25) is 0 Å². The van der Waals surface area contributed by atoms with Crippen molar-refractivity contribution in [2.24, 2.45) is 5.92 Å². The molecule has 0 aliphatic carbocycles. The van der Waals surface area contributed by atoms with E-state index in [1.54, 1.807) is 0 Å². The zero-order valence-corrected chi connectivity index (χ0v) is 13.2. The molecule has 1 aliphatic rings. The van der Waals surface area contributed by atoms with Crippen LogP contribution in [0.15, 0.2) is 42.5 Å². The Morgan fingerprint density at radius 2 is 2.00 bits per heavy atom. The summed E-state index contributed by atoms with van der Waals surface area (Å²) in [7, 11) is 2.06. The highest BCUT2D eigenvalue weighted by atomic mass is 15.2. The van der Waals surface area contributed by atoms with E-state index in [4.69, 9.17) is 0 Å². The summed E-state index contributed by atoms with van der Waals surface area (Å²) < 4.78 is 0. The first kappa shape index (κ1) is 15.0. The average Bonchev–Trinajstić information content (AvgIpc) is 2.57. The number of anilines is 1. The summed E-state index contributed by atoms with van der Waals surface area (Å²) >= 11 is 0. The lowest BCUT2D eigenvalue weighted by Gasteiger charge is -2.22. The second-order valence-electron chi connectivity index (χ2n) is 6.14. The molecule has 1 atom stereocenters. The van der Waals surface area contributed by atoms with Gasteiger partial charge in [-0.05, 0) is 56.0 Å². The van der Waals surface area contributed by atoms with E-state index in [0.717, 1.165) is 37.6 Å². The third-order valence-electron chi connectivity index (χ3n) is 4.26. The van der Waals surface area contributed by atoms with Crippen LogP contribution in [0.5, 0.6) is 0 Å². The highest BCUT2D eigenvalue weighted by Gasteiger charge is 2.14. The van der Waals surface area contributed by atoms with Gasteiger partial charge in [0, 0.05) is 13.6 Å². The molecule has 1 aromatic carbocycles. The van der Waals surface area contributed by atoms with Crippen LogP contribution in [0.25, 0.3) is 0 Å². The molecule has 0 unspecified atom stereocenters. The van der Waals surface area contributed by atoms with Crippen molar-refractivity contribution in [3.63, 3.8) is 0 Å². The number of hydrogen-bond donors (Lipinski definition) is 1.